The van der Waals surface area contributed by atoms with Gasteiger partial charge in [0.15, 0.2) is 0 Å². The summed E-state index contributed by atoms with van der Waals surface area (Å²) in [5, 5.41) is 3.95. The Morgan fingerprint density at radius 1 is 1.38 bits per heavy atom. The summed E-state index contributed by atoms with van der Waals surface area (Å²) in [6.07, 6.45) is 1.69. The van der Waals surface area contributed by atoms with Crippen LogP contribution in [0.15, 0.2) is 27.2 Å². The van der Waals surface area contributed by atoms with Crippen LogP contribution in [0.5, 0.6) is 0 Å². The summed E-state index contributed by atoms with van der Waals surface area (Å²) >= 11 is 3.15. The molecule has 0 radical (unpaired) electrons. The SMILES string of the molecule is CC(C)C[C@H](CN)Cc1nc(-c2ccc(F)c(Br)c2)no1. The first-order valence-corrected chi connectivity index (χ1v) is 7.77. The summed E-state index contributed by atoms with van der Waals surface area (Å²) in [6, 6.07) is 4.64. The molecule has 0 bridgehead atoms. The van der Waals surface area contributed by atoms with Crippen LogP contribution < -0.4 is 5.73 Å². The van der Waals surface area contributed by atoms with E-state index in [4.69, 9.17) is 10.3 Å². The second-order valence-electron chi connectivity index (χ2n) is 5.58. The van der Waals surface area contributed by atoms with E-state index in [0.29, 0.717) is 46.6 Å². The Morgan fingerprint density at radius 3 is 2.76 bits per heavy atom. The van der Waals surface area contributed by atoms with E-state index in [1.807, 2.05) is 0 Å². The number of hydrogen-bond acceptors (Lipinski definition) is 4. The Kier molecular flexibility index (Phi) is 5.47. The zero-order chi connectivity index (χ0) is 15.4. The molecule has 2 rings (SSSR count). The average molecular weight is 356 g/mol. The van der Waals surface area contributed by atoms with Crippen molar-refractivity contribution in [2.75, 3.05) is 6.54 Å². The molecule has 1 aromatic carbocycles. The van der Waals surface area contributed by atoms with Gasteiger partial charge < -0.3 is 10.3 Å². The van der Waals surface area contributed by atoms with Crippen molar-refractivity contribution in [2.45, 2.75) is 26.7 Å². The fraction of sp³-hybridized carbons (Fsp3) is 0.467. The molecule has 1 atom stereocenters. The standard InChI is InChI=1S/C15H19BrFN3O/c1-9(2)5-10(8-18)6-14-19-15(20-21-14)11-3-4-13(17)12(16)7-11/h3-4,7,9-10H,5-6,8,18H2,1-2H3/t10-/m0/s1. The maximum Gasteiger partial charge on any atom is 0.227 e. The van der Waals surface area contributed by atoms with Crippen LogP contribution in [0.25, 0.3) is 11.4 Å². The fourth-order valence-electron chi connectivity index (χ4n) is 2.27. The van der Waals surface area contributed by atoms with Crippen molar-refractivity contribution in [1.29, 1.82) is 0 Å². The number of nitrogens with zero attached hydrogens (tertiary/aromatic N) is 2. The van der Waals surface area contributed by atoms with Crippen LogP contribution in [0.1, 0.15) is 26.2 Å². The molecule has 2 aromatic rings. The van der Waals surface area contributed by atoms with E-state index in [0.717, 1.165) is 6.42 Å². The van der Waals surface area contributed by atoms with Crippen LogP contribution in [0.2, 0.25) is 0 Å². The van der Waals surface area contributed by atoms with Gasteiger partial charge in [0, 0.05) is 12.0 Å². The molecule has 1 heterocycles. The second-order valence-corrected chi connectivity index (χ2v) is 6.43. The van der Waals surface area contributed by atoms with Crippen LogP contribution in [-0.2, 0) is 6.42 Å². The number of halogens is 2. The van der Waals surface area contributed by atoms with E-state index in [-0.39, 0.29) is 5.82 Å². The third-order valence-electron chi connectivity index (χ3n) is 3.25. The smallest absolute Gasteiger partial charge is 0.227 e. The molecule has 0 saturated heterocycles. The Balaban J connectivity index is 2.11. The minimum Gasteiger partial charge on any atom is -0.339 e. The van der Waals surface area contributed by atoms with Crippen LogP contribution in [0.3, 0.4) is 0 Å². The molecule has 6 heteroatoms. The van der Waals surface area contributed by atoms with Gasteiger partial charge in [0.05, 0.1) is 4.47 Å². The van der Waals surface area contributed by atoms with E-state index >= 15 is 0 Å². The third-order valence-corrected chi connectivity index (χ3v) is 3.85. The maximum absolute atomic E-state index is 13.2. The number of nitrogens with two attached hydrogens (primary N) is 1. The van der Waals surface area contributed by atoms with E-state index in [9.17, 15) is 4.39 Å². The predicted molar refractivity (Wildman–Crippen MR) is 83.1 cm³/mol. The first-order valence-electron chi connectivity index (χ1n) is 6.97. The molecule has 4 nitrogen and oxygen atoms in total. The van der Waals surface area contributed by atoms with Gasteiger partial charge in [-0.05, 0) is 58.9 Å². The summed E-state index contributed by atoms with van der Waals surface area (Å²) < 4.78 is 18.9. The molecule has 0 amide bonds. The first-order chi connectivity index (χ1) is 9.99. The quantitative estimate of drug-likeness (QED) is 0.855. The van der Waals surface area contributed by atoms with Crippen LogP contribution in [-0.4, -0.2) is 16.7 Å². The van der Waals surface area contributed by atoms with Gasteiger partial charge in [0.2, 0.25) is 11.7 Å². The van der Waals surface area contributed by atoms with Crippen molar-refractivity contribution in [3.63, 3.8) is 0 Å². The van der Waals surface area contributed by atoms with Crippen molar-refractivity contribution >= 4 is 15.9 Å². The number of hydrogen-bond donors (Lipinski definition) is 1. The molecule has 0 unspecified atom stereocenters. The molecule has 0 spiro atoms. The molecule has 0 aliphatic carbocycles. The lowest BCUT2D eigenvalue weighted by molar-refractivity contribution is 0.332. The Morgan fingerprint density at radius 2 is 2.14 bits per heavy atom. The average Bonchev–Trinajstić information content (AvgIpc) is 2.89. The molecule has 2 N–H and O–H groups in total. The van der Waals surface area contributed by atoms with Gasteiger partial charge in [-0.15, -0.1) is 0 Å². The minimum atomic E-state index is -0.317. The molecular weight excluding hydrogens is 337 g/mol. The predicted octanol–water partition coefficient (Wildman–Crippen LogP) is 3.80. The Labute approximate surface area is 132 Å². The maximum atomic E-state index is 13.2. The number of benzene rings is 1. The van der Waals surface area contributed by atoms with Crippen molar-refractivity contribution in [3.05, 3.63) is 34.4 Å². The lowest BCUT2D eigenvalue weighted by atomic mass is 9.94. The van der Waals surface area contributed by atoms with Gasteiger partial charge in [-0.25, -0.2) is 4.39 Å². The topological polar surface area (TPSA) is 64.9 Å². The molecule has 1 aromatic heterocycles. The van der Waals surface area contributed by atoms with Crippen molar-refractivity contribution < 1.29 is 8.91 Å². The van der Waals surface area contributed by atoms with E-state index in [1.165, 1.54) is 6.07 Å². The van der Waals surface area contributed by atoms with Crippen molar-refractivity contribution in [1.82, 2.24) is 10.1 Å². The Hall–Kier alpha value is -1.27. The molecule has 0 fully saturated rings. The van der Waals surface area contributed by atoms with Gasteiger partial charge in [-0.2, -0.15) is 4.98 Å². The monoisotopic (exact) mass is 355 g/mol. The lowest BCUT2D eigenvalue weighted by Crippen LogP contribution is -2.19. The highest BCUT2D eigenvalue weighted by Gasteiger charge is 2.16. The van der Waals surface area contributed by atoms with Crippen molar-refractivity contribution in [3.8, 4) is 11.4 Å². The molecular formula is C15H19BrFN3O. The van der Waals surface area contributed by atoms with E-state index < -0.39 is 0 Å². The summed E-state index contributed by atoms with van der Waals surface area (Å²) in [5.41, 5.74) is 6.50. The van der Waals surface area contributed by atoms with E-state index in [1.54, 1.807) is 12.1 Å². The molecule has 0 aliphatic heterocycles. The molecule has 114 valence electrons. The van der Waals surface area contributed by atoms with Crippen molar-refractivity contribution in [2.24, 2.45) is 17.6 Å². The highest BCUT2D eigenvalue weighted by atomic mass is 79.9. The second kappa shape index (κ2) is 7.13. The zero-order valence-corrected chi connectivity index (χ0v) is 13.7. The van der Waals surface area contributed by atoms with Gasteiger partial charge in [-0.1, -0.05) is 19.0 Å². The van der Waals surface area contributed by atoms with Gasteiger partial charge in [0.25, 0.3) is 0 Å². The fourth-order valence-corrected chi connectivity index (χ4v) is 2.65. The van der Waals surface area contributed by atoms with Gasteiger partial charge >= 0.3 is 0 Å². The Bertz CT molecular complexity index is 600. The summed E-state index contributed by atoms with van der Waals surface area (Å²) in [7, 11) is 0. The molecule has 0 aliphatic rings. The number of rotatable bonds is 6. The van der Waals surface area contributed by atoms with Crippen LogP contribution in [0, 0.1) is 17.7 Å². The minimum absolute atomic E-state index is 0.317. The molecule has 21 heavy (non-hydrogen) atoms. The highest BCUT2D eigenvalue weighted by molar-refractivity contribution is 9.10. The normalized spacial score (nSPS) is 12.9. The number of aromatic nitrogens is 2. The zero-order valence-electron chi connectivity index (χ0n) is 12.1. The first kappa shape index (κ1) is 16.1. The molecule has 0 saturated carbocycles. The highest BCUT2D eigenvalue weighted by Crippen LogP contribution is 2.24. The van der Waals surface area contributed by atoms with Gasteiger partial charge in [-0.3, -0.25) is 0 Å². The van der Waals surface area contributed by atoms with Crippen LogP contribution >= 0.6 is 15.9 Å². The summed E-state index contributed by atoms with van der Waals surface area (Å²) in [6.45, 7) is 4.92. The third kappa shape index (κ3) is 4.35. The van der Waals surface area contributed by atoms with Crippen LogP contribution in [0.4, 0.5) is 4.39 Å². The van der Waals surface area contributed by atoms with E-state index in [2.05, 4.69) is 39.9 Å². The van der Waals surface area contributed by atoms with Gasteiger partial charge in [0.1, 0.15) is 5.82 Å². The summed E-state index contributed by atoms with van der Waals surface area (Å²) in [4.78, 5) is 4.37. The largest absolute Gasteiger partial charge is 0.339 e. The lowest BCUT2D eigenvalue weighted by Gasteiger charge is -2.14. The summed E-state index contributed by atoms with van der Waals surface area (Å²) in [5.74, 6) is 1.63.